The highest BCUT2D eigenvalue weighted by Crippen LogP contribution is 2.26. The molecule has 0 saturated heterocycles. The largest absolute Gasteiger partial charge is 0.325 e. The lowest BCUT2D eigenvalue weighted by atomic mass is 10.1. The zero-order valence-electron chi connectivity index (χ0n) is 19.9. The van der Waals surface area contributed by atoms with E-state index in [1.54, 1.807) is 13.8 Å². The van der Waals surface area contributed by atoms with Crippen LogP contribution in [0, 0.1) is 20.8 Å². The van der Waals surface area contributed by atoms with E-state index in [1.807, 2.05) is 49.4 Å². The second kappa shape index (κ2) is 10.7. The summed E-state index contributed by atoms with van der Waals surface area (Å²) in [4.78, 5) is 13.0. The van der Waals surface area contributed by atoms with Gasteiger partial charge in [0.2, 0.25) is 26.0 Å². The minimum Gasteiger partial charge on any atom is -0.325 e. The monoisotopic (exact) mass is 515 g/mol. The average Bonchev–Trinajstić information content (AvgIpc) is 2.76. The molecule has 10 heteroatoms. The number of sulfonamides is 2. The van der Waals surface area contributed by atoms with Crippen molar-refractivity contribution < 1.29 is 21.6 Å². The number of nitrogens with two attached hydrogens (primary N) is 1. The lowest BCUT2D eigenvalue weighted by Gasteiger charge is -2.24. The van der Waals surface area contributed by atoms with E-state index in [1.165, 1.54) is 28.6 Å². The molecule has 0 radical (unpaired) electrons. The van der Waals surface area contributed by atoms with Crippen LogP contribution in [-0.2, 0) is 31.3 Å². The summed E-state index contributed by atoms with van der Waals surface area (Å²) in [7, 11) is -7.85. The van der Waals surface area contributed by atoms with Crippen molar-refractivity contribution in [3.8, 4) is 0 Å². The first-order valence-electron chi connectivity index (χ1n) is 10.9. The van der Waals surface area contributed by atoms with Crippen molar-refractivity contribution in [1.82, 2.24) is 4.31 Å². The molecule has 0 aromatic heterocycles. The molecule has 186 valence electrons. The fourth-order valence-electron chi connectivity index (χ4n) is 3.97. The third-order valence-electron chi connectivity index (χ3n) is 5.48. The zero-order valence-corrected chi connectivity index (χ0v) is 21.5. The minimum absolute atomic E-state index is 0.0899. The Morgan fingerprint density at radius 3 is 2.00 bits per heavy atom. The average molecular weight is 516 g/mol. The lowest BCUT2D eigenvalue weighted by Crippen LogP contribution is -2.39. The van der Waals surface area contributed by atoms with Crippen LogP contribution in [0.5, 0.6) is 0 Å². The van der Waals surface area contributed by atoms with Crippen molar-refractivity contribution in [3.05, 3.63) is 89.0 Å². The zero-order chi connectivity index (χ0) is 25.8. The number of hydrogen-bond acceptors (Lipinski definition) is 5. The van der Waals surface area contributed by atoms with Crippen LogP contribution in [0.4, 0.5) is 5.69 Å². The van der Waals surface area contributed by atoms with Gasteiger partial charge in [0.15, 0.2) is 0 Å². The molecule has 3 aromatic rings. The first-order valence-corrected chi connectivity index (χ1v) is 13.9. The Hall–Kier alpha value is -3.05. The highest BCUT2D eigenvalue weighted by Gasteiger charge is 2.29. The molecule has 1 amide bonds. The molecular formula is C25H29N3O5S2. The number of nitrogens with one attached hydrogen (secondary N) is 1. The van der Waals surface area contributed by atoms with Gasteiger partial charge in [-0.1, -0.05) is 48.0 Å². The molecule has 0 atom stereocenters. The van der Waals surface area contributed by atoms with Gasteiger partial charge in [-0.3, -0.25) is 4.79 Å². The van der Waals surface area contributed by atoms with Gasteiger partial charge in [-0.15, -0.1) is 0 Å². The van der Waals surface area contributed by atoms with E-state index < -0.39 is 32.5 Å². The number of carbonyl (C=O) groups is 1. The predicted molar refractivity (Wildman–Crippen MR) is 136 cm³/mol. The van der Waals surface area contributed by atoms with Gasteiger partial charge in [0.1, 0.15) is 0 Å². The quantitative estimate of drug-likeness (QED) is 0.453. The number of aryl methyl sites for hydroxylation is 3. The van der Waals surface area contributed by atoms with E-state index in [4.69, 9.17) is 5.14 Å². The van der Waals surface area contributed by atoms with Crippen LogP contribution in [0.15, 0.2) is 76.5 Å². The number of rotatable bonds is 9. The summed E-state index contributed by atoms with van der Waals surface area (Å²) in [6.45, 7) is 5.10. The fourth-order valence-corrected chi connectivity index (χ4v) is 6.30. The second-order valence-corrected chi connectivity index (χ2v) is 11.9. The molecule has 0 fully saturated rings. The molecule has 3 aromatic carbocycles. The molecule has 0 bridgehead atoms. The van der Waals surface area contributed by atoms with Gasteiger partial charge in [0.25, 0.3) is 0 Å². The van der Waals surface area contributed by atoms with Crippen molar-refractivity contribution in [3.63, 3.8) is 0 Å². The number of carbonyl (C=O) groups excluding carboxylic acids is 1. The first kappa shape index (κ1) is 26.6. The fraction of sp³-hybridized carbons (Fsp3) is 0.240. The third-order valence-corrected chi connectivity index (χ3v) is 8.56. The number of primary sulfonamides is 1. The van der Waals surface area contributed by atoms with Gasteiger partial charge < -0.3 is 5.32 Å². The molecule has 8 nitrogen and oxygen atoms in total. The Kier molecular flexibility index (Phi) is 8.11. The number of benzene rings is 3. The Morgan fingerprint density at radius 1 is 0.886 bits per heavy atom. The van der Waals surface area contributed by atoms with Crippen LogP contribution in [0.3, 0.4) is 0 Å². The number of nitrogens with zero attached hydrogens (tertiary/aromatic N) is 1. The molecule has 3 rings (SSSR count). The Morgan fingerprint density at radius 2 is 1.46 bits per heavy atom. The maximum Gasteiger partial charge on any atom is 0.244 e. The SMILES string of the molecule is Cc1cc(C)c(S(=O)(=O)N(CCc2ccccc2)CC(=O)Nc2ccc(S(N)(=O)=O)cc2)c(C)c1. The highest BCUT2D eigenvalue weighted by molar-refractivity contribution is 7.89. The number of anilines is 1. The maximum atomic E-state index is 13.7. The summed E-state index contributed by atoms with van der Waals surface area (Å²) >= 11 is 0. The van der Waals surface area contributed by atoms with E-state index in [9.17, 15) is 21.6 Å². The minimum atomic E-state index is -3.99. The second-order valence-electron chi connectivity index (χ2n) is 8.42. The van der Waals surface area contributed by atoms with Gasteiger partial charge in [0, 0.05) is 12.2 Å². The van der Waals surface area contributed by atoms with Crippen LogP contribution >= 0.6 is 0 Å². The van der Waals surface area contributed by atoms with E-state index in [2.05, 4.69) is 5.32 Å². The molecule has 0 saturated carbocycles. The first-order chi connectivity index (χ1) is 16.4. The third kappa shape index (κ3) is 6.76. The van der Waals surface area contributed by atoms with Gasteiger partial charge in [-0.25, -0.2) is 22.0 Å². The molecule has 0 spiro atoms. The summed E-state index contributed by atoms with van der Waals surface area (Å²) in [6.07, 6.45) is 0.431. The van der Waals surface area contributed by atoms with Crippen molar-refractivity contribution >= 4 is 31.6 Å². The standard InChI is InChI=1S/C25H29N3O5S2/c1-18-15-19(2)25(20(3)16-18)35(32,33)28(14-13-21-7-5-4-6-8-21)17-24(29)27-22-9-11-23(12-10-22)34(26,30)31/h4-12,15-16H,13-14,17H2,1-3H3,(H,27,29)(H2,26,30,31). The molecule has 0 aliphatic heterocycles. The van der Waals surface area contributed by atoms with E-state index in [0.717, 1.165) is 11.1 Å². The van der Waals surface area contributed by atoms with Crippen LogP contribution in [0.2, 0.25) is 0 Å². The lowest BCUT2D eigenvalue weighted by molar-refractivity contribution is -0.116. The van der Waals surface area contributed by atoms with E-state index >= 15 is 0 Å². The Bertz CT molecular complexity index is 1400. The predicted octanol–water partition coefficient (Wildman–Crippen LogP) is 3.13. The number of hydrogen-bond donors (Lipinski definition) is 2. The summed E-state index contributed by atoms with van der Waals surface area (Å²) < 4.78 is 51.5. The Balaban J connectivity index is 1.87. The maximum absolute atomic E-state index is 13.7. The molecule has 3 N–H and O–H groups in total. The van der Waals surface area contributed by atoms with Crippen LogP contribution in [0.1, 0.15) is 22.3 Å². The molecule has 0 unspecified atom stereocenters. The van der Waals surface area contributed by atoms with Crippen molar-refractivity contribution in [1.29, 1.82) is 0 Å². The molecule has 0 aliphatic rings. The van der Waals surface area contributed by atoms with Gasteiger partial charge in [-0.2, -0.15) is 4.31 Å². The van der Waals surface area contributed by atoms with E-state index in [-0.39, 0.29) is 16.3 Å². The smallest absolute Gasteiger partial charge is 0.244 e. The van der Waals surface area contributed by atoms with Gasteiger partial charge in [-0.05, 0) is 68.1 Å². The molecule has 35 heavy (non-hydrogen) atoms. The van der Waals surface area contributed by atoms with Crippen LogP contribution in [-0.4, -0.2) is 40.1 Å². The normalized spacial score (nSPS) is 12.0. The summed E-state index contributed by atoms with van der Waals surface area (Å²) in [5.74, 6) is -0.549. The van der Waals surface area contributed by atoms with Crippen molar-refractivity contribution in [2.45, 2.75) is 37.0 Å². The summed E-state index contributed by atoms with van der Waals surface area (Å²) in [5, 5.41) is 7.73. The van der Waals surface area contributed by atoms with Crippen molar-refractivity contribution in [2.24, 2.45) is 5.14 Å². The van der Waals surface area contributed by atoms with Crippen LogP contribution < -0.4 is 10.5 Å². The highest BCUT2D eigenvalue weighted by atomic mass is 32.2. The van der Waals surface area contributed by atoms with Gasteiger partial charge in [0.05, 0.1) is 16.3 Å². The van der Waals surface area contributed by atoms with E-state index in [0.29, 0.717) is 23.2 Å². The summed E-state index contributed by atoms with van der Waals surface area (Å²) in [5.41, 5.74) is 3.46. The summed E-state index contributed by atoms with van der Waals surface area (Å²) in [6, 6.07) is 18.4. The molecular weight excluding hydrogens is 486 g/mol. The van der Waals surface area contributed by atoms with Crippen LogP contribution in [0.25, 0.3) is 0 Å². The number of amides is 1. The van der Waals surface area contributed by atoms with Crippen molar-refractivity contribution in [2.75, 3.05) is 18.4 Å². The topological polar surface area (TPSA) is 127 Å². The Labute approximate surface area is 206 Å². The molecule has 0 aliphatic carbocycles. The molecule has 0 heterocycles. The van der Waals surface area contributed by atoms with Gasteiger partial charge >= 0.3 is 0 Å².